The van der Waals surface area contributed by atoms with Crippen LogP contribution in [-0.2, 0) is 9.13 Å². The average molecular weight is 216 g/mol. The van der Waals surface area contributed by atoms with E-state index >= 15 is 0 Å². The van der Waals surface area contributed by atoms with Gasteiger partial charge in [-0.05, 0) is 0 Å². The second-order valence-electron chi connectivity index (χ2n) is 2.40. The zero-order valence-corrected chi connectivity index (χ0v) is 7.91. The van der Waals surface area contributed by atoms with Crippen LogP contribution in [0.15, 0.2) is 12.2 Å². The Kier molecular flexibility index (Phi) is 3.85. The lowest BCUT2D eigenvalue weighted by atomic mass is 10.4. The van der Waals surface area contributed by atoms with Gasteiger partial charge in [0, 0.05) is 0 Å². The van der Waals surface area contributed by atoms with Gasteiger partial charge in [0.1, 0.15) is 0 Å². The Bertz CT molecular complexity index is 233. The Morgan fingerprint density at radius 1 is 1.00 bits per heavy atom. The molecule has 0 heterocycles. The van der Waals surface area contributed by atoms with Gasteiger partial charge in [0.05, 0.1) is 12.3 Å². The largest absolute Gasteiger partial charge is 0.329 e. The Morgan fingerprint density at radius 2 is 1.25 bits per heavy atom. The maximum Gasteiger partial charge on any atom is 0.329 e. The highest BCUT2D eigenvalue weighted by atomic mass is 31.2. The van der Waals surface area contributed by atoms with Crippen molar-refractivity contribution in [3.05, 3.63) is 12.2 Å². The normalized spacial score (nSPS) is 13.0. The number of hydrogen-bond donors (Lipinski definition) is 4. The van der Waals surface area contributed by atoms with Gasteiger partial charge < -0.3 is 19.6 Å². The van der Waals surface area contributed by atoms with Crippen molar-refractivity contribution in [2.24, 2.45) is 0 Å². The van der Waals surface area contributed by atoms with Crippen molar-refractivity contribution in [3.8, 4) is 0 Å². The summed E-state index contributed by atoms with van der Waals surface area (Å²) in [6, 6.07) is 0. The van der Waals surface area contributed by atoms with E-state index in [0.717, 1.165) is 0 Å². The maximum atomic E-state index is 10.3. The first-order valence-electron chi connectivity index (χ1n) is 2.86. The quantitative estimate of drug-likeness (QED) is 0.385. The van der Waals surface area contributed by atoms with E-state index in [1.165, 1.54) is 0 Å². The van der Waals surface area contributed by atoms with Gasteiger partial charge in [-0.15, -0.1) is 0 Å². The zero-order chi connectivity index (χ0) is 9.99. The van der Waals surface area contributed by atoms with Crippen LogP contribution in [0.3, 0.4) is 0 Å². The molecule has 12 heavy (non-hydrogen) atoms. The van der Waals surface area contributed by atoms with Gasteiger partial charge in [0.2, 0.25) is 0 Å². The third-order valence-corrected chi connectivity index (χ3v) is 2.58. The van der Waals surface area contributed by atoms with Crippen LogP contribution in [0.2, 0.25) is 0 Å². The van der Waals surface area contributed by atoms with Crippen LogP contribution in [0.4, 0.5) is 0 Å². The fourth-order valence-corrected chi connectivity index (χ4v) is 2.20. The van der Waals surface area contributed by atoms with Crippen LogP contribution >= 0.6 is 15.2 Å². The highest BCUT2D eigenvalue weighted by molar-refractivity contribution is 7.53. The van der Waals surface area contributed by atoms with Crippen molar-refractivity contribution >= 4 is 15.2 Å². The van der Waals surface area contributed by atoms with E-state index in [1.807, 2.05) is 0 Å². The summed E-state index contributed by atoms with van der Waals surface area (Å²) in [4.78, 5) is 33.5. The van der Waals surface area contributed by atoms with Gasteiger partial charge in [-0.2, -0.15) is 0 Å². The minimum absolute atomic E-state index is 0.142. The molecule has 0 spiro atoms. The first-order valence-corrected chi connectivity index (χ1v) is 6.45. The summed E-state index contributed by atoms with van der Waals surface area (Å²) in [5.41, 5.74) is -0.142. The molecule has 0 unspecified atom stereocenters. The fourth-order valence-electron chi connectivity index (χ4n) is 0.633. The van der Waals surface area contributed by atoms with Crippen LogP contribution in [0.1, 0.15) is 0 Å². The lowest BCUT2D eigenvalue weighted by Crippen LogP contribution is -1.98. The molecule has 0 radical (unpaired) electrons. The van der Waals surface area contributed by atoms with Crippen molar-refractivity contribution in [1.29, 1.82) is 0 Å². The summed E-state index contributed by atoms with van der Waals surface area (Å²) in [5, 5.41) is 0. The molecule has 0 fully saturated rings. The third kappa shape index (κ3) is 8.14. The molecule has 4 N–H and O–H groups in total. The average Bonchev–Trinajstić information content (AvgIpc) is 1.49. The Morgan fingerprint density at radius 3 is 1.42 bits per heavy atom. The molecule has 6 nitrogen and oxygen atoms in total. The fraction of sp³-hybridized carbons (Fsp3) is 0.500. The maximum absolute atomic E-state index is 10.3. The van der Waals surface area contributed by atoms with Crippen LogP contribution in [0.5, 0.6) is 0 Å². The van der Waals surface area contributed by atoms with E-state index in [9.17, 15) is 9.13 Å². The van der Waals surface area contributed by atoms with Gasteiger partial charge in [-0.25, -0.2) is 0 Å². The van der Waals surface area contributed by atoms with E-state index in [-0.39, 0.29) is 5.57 Å². The predicted molar refractivity (Wildman–Crippen MR) is 43.0 cm³/mol. The standard InChI is InChI=1S/C4H10O6P2/c1-4(2-11(5,6)7)3-12(8,9)10/h1-3H2,(H2,5,6,7)(H2,8,9,10). The zero-order valence-electron chi connectivity index (χ0n) is 6.12. The molecule has 0 aromatic rings. The molecule has 0 rings (SSSR count). The number of allylic oxidation sites excluding steroid dienone is 1. The van der Waals surface area contributed by atoms with E-state index < -0.39 is 27.5 Å². The summed E-state index contributed by atoms with van der Waals surface area (Å²) >= 11 is 0. The molecule has 0 atom stereocenters. The molecule has 0 bridgehead atoms. The minimum Gasteiger partial charge on any atom is -0.324 e. The smallest absolute Gasteiger partial charge is 0.324 e. The molecule has 0 amide bonds. The topological polar surface area (TPSA) is 115 Å². The molecule has 72 valence electrons. The van der Waals surface area contributed by atoms with Gasteiger partial charge in [0.15, 0.2) is 0 Å². The molecular weight excluding hydrogens is 206 g/mol. The Balaban J connectivity index is 4.10. The summed E-state index contributed by atoms with van der Waals surface area (Å²) in [6.45, 7) is 3.14. The highest BCUT2D eigenvalue weighted by Gasteiger charge is 2.21. The molecule has 0 saturated carbocycles. The summed E-state index contributed by atoms with van der Waals surface area (Å²) in [6.07, 6.45) is -1.36. The monoisotopic (exact) mass is 216 g/mol. The lowest BCUT2D eigenvalue weighted by molar-refractivity contribution is 0.373. The van der Waals surface area contributed by atoms with Crippen LogP contribution in [-0.4, -0.2) is 31.9 Å². The van der Waals surface area contributed by atoms with Crippen molar-refractivity contribution < 1.29 is 28.7 Å². The van der Waals surface area contributed by atoms with Crippen molar-refractivity contribution in [3.63, 3.8) is 0 Å². The molecule has 0 aliphatic carbocycles. The van der Waals surface area contributed by atoms with E-state index in [4.69, 9.17) is 19.6 Å². The lowest BCUT2D eigenvalue weighted by Gasteiger charge is -2.07. The molecule has 0 aliphatic heterocycles. The molecular formula is C4H10O6P2. The molecule has 0 aromatic carbocycles. The second kappa shape index (κ2) is 3.83. The van der Waals surface area contributed by atoms with Crippen molar-refractivity contribution in [2.75, 3.05) is 12.3 Å². The van der Waals surface area contributed by atoms with Gasteiger partial charge >= 0.3 is 15.2 Å². The minimum atomic E-state index is -4.25. The molecule has 0 aromatic heterocycles. The van der Waals surface area contributed by atoms with E-state index in [0.29, 0.717) is 0 Å². The summed E-state index contributed by atoms with van der Waals surface area (Å²) < 4.78 is 20.6. The molecule has 8 heteroatoms. The van der Waals surface area contributed by atoms with Crippen LogP contribution < -0.4 is 0 Å². The van der Waals surface area contributed by atoms with Crippen molar-refractivity contribution in [1.82, 2.24) is 0 Å². The third-order valence-electron chi connectivity index (χ3n) is 0.859. The van der Waals surface area contributed by atoms with Crippen LogP contribution in [0.25, 0.3) is 0 Å². The first-order chi connectivity index (χ1) is 5.10. The van der Waals surface area contributed by atoms with Gasteiger partial charge in [-0.1, -0.05) is 12.2 Å². The van der Waals surface area contributed by atoms with Crippen molar-refractivity contribution in [2.45, 2.75) is 0 Å². The van der Waals surface area contributed by atoms with E-state index in [2.05, 4.69) is 6.58 Å². The molecule has 0 aliphatic rings. The first kappa shape index (κ1) is 12.0. The highest BCUT2D eigenvalue weighted by Crippen LogP contribution is 2.42. The molecule has 0 saturated heterocycles. The predicted octanol–water partition coefficient (Wildman–Crippen LogP) is -0.102. The summed E-state index contributed by atoms with van der Waals surface area (Å²) in [5.74, 6) is 0. The Labute approximate surface area is 69.2 Å². The van der Waals surface area contributed by atoms with E-state index in [1.54, 1.807) is 0 Å². The van der Waals surface area contributed by atoms with Gasteiger partial charge in [0.25, 0.3) is 0 Å². The summed E-state index contributed by atoms with van der Waals surface area (Å²) in [7, 11) is -8.50. The Hall–Kier alpha value is 0.0400. The SMILES string of the molecule is C=C(CP(=O)(O)O)CP(=O)(O)O. The second-order valence-corrected chi connectivity index (χ2v) is 5.69. The van der Waals surface area contributed by atoms with Crippen LogP contribution in [0, 0.1) is 0 Å². The number of hydrogen-bond acceptors (Lipinski definition) is 2. The number of rotatable bonds is 4. The van der Waals surface area contributed by atoms with Gasteiger partial charge in [-0.3, -0.25) is 9.13 Å².